The van der Waals surface area contributed by atoms with Gasteiger partial charge < -0.3 is 19.3 Å². The number of imidazole rings is 1. The Balaban J connectivity index is 1.48. The average molecular weight is 524 g/mol. The Hall–Kier alpha value is -4.39. The summed E-state index contributed by atoms with van der Waals surface area (Å²) in [5.41, 5.74) is 7.55. The summed E-state index contributed by atoms with van der Waals surface area (Å²) in [6.07, 6.45) is 1.94. The van der Waals surface area contributed by atoms with Crippen LogP contribution in [0.3, 0.4) is 0 Å². The lowest BCUT2D eigenvalue weighted by Crippen LogP contribution is -2.50. The van der Waals surface area contributed by atoms with Gasteiger partial charge in [-0.2, -0.15) is 0 Å². The minimum Gasteiger partial charge on any atom is -0.496 e. The van der Waals surface area contributed by atoms with Crippen LogP contribution in [0.15, 0.2) is 73.1 Å². The monoisotopic (exact) mass is 523 g/mol. The first-order valence-electron chi connectivity index (χ1n) is 13.1. The number of ether oxygens (including phenoxy) is 1. The summed E-state index contributed by atoms with van der Waals surface area (Å²) in [4.78, 5) is 32.8. The number of rotatable bonds is 7. The molecule has 3 aromatic carbocycles. The number of nitrogens with zero attached hydrogens (tertiary/aromatic N) is 3. The van der Waals surface area contributed by atoms with Gasteiger partial charge in [0.05, 0.1) is 31.6 Å². The highest BCUT2D eigenvalue weighted by Gasteiger charge is 2.40. The highest BCUT2D eigenvalue weighted by atomic mass is 16.5. The molecule has 0 bridgehead atoms. The number of aryl methyl sites for hydroxylation is 3. The molecule has 0 saturated carbocycles. The Kier molecular flexibility index (Phi) is 7.24. The van der Waals surface area contributed by atoms with Crippen molar-refractivity contribution < 1.29 is 19.4 Å². The van der Waals surface area contributed by atoms with Crippen LogP contribution in [0.1, 0.15) is 50.7 Å². The molecular formula is C32H33N3O4. The van der Waals surface area contributed by atoms with Crippen LogP contribution < -0.4 is 4.74 Å². The van der Waals surface area contributed by atoms with E-state index >= 15 is 0 Å². The lowest BCUT2D eigenvalue weighted by Gasteiger charge is -2.35. The fourth-order valence-electron chi connectivity index (χ4n) is 5.37. The van der Waals surface area contributed by atoms with Crippen molar-refractivity contribution in [3.63, 3.8) is 0 Å². The van der Waals surface area contributed by atoms with Gasteiger partial charge in [-0.3, -0.25) is 4.79 Å². The fourth-order valence-corrected chi connectivity index (χ4v) is 5.37. The smallest absolute Gasteiger partial charge is 0.326 e. The van der Waals surface area contributed by atoms with Crippen molar-refractivity contribution in [3.05, 3.63) is 118 Å². The van der Waals surface area contributed by atoms with Gasteiger partial charge in [-0.1, -0.05) is 71.8 Å². The number of carbonyl (C=O) groups excluding carboxylic acids is 1. The molecule has 200 valence electrons. The molecule has 5 rings (SSSR count). The minimum absolute atomic E-state index is 0.147. The Bertz CT molecular complexity index is 1460. The van der Waals surface area contributed by atoms with Gasteiger partial charge in [0.15, 0.2) is 0 Å². The number of hydrogen-bond acceptors (Lipinski definition) is 4. The maximum absolute atomic E-state index is 14.2. The number of aliphatic carboxylic acids is 1. The summed E-state index contributed by atoms with van der Waals surface area (Å²) >= 11 is 0. The normalized spacial score (nSPS) is 14.8. The zero-order chi connectivity index (χ0) is 27.7. The molecule has 0 fully saturated rings. The summed E-state index contributed by atoms with van der Waals surface area (Å²) in [5.74, 6) is -1.04. The minimum atomic E-state index is -1.02. The van der Waals surface area contributed by atoms with E-state index in [2.05, 4.69) is 11.1 Å². The van der Waals surface area contributed by atoms with Crippen LogP contribution in [-0.4, -0.2) is 44.6 Å². The van der Waals surface area contributed by atoms with Gasteiger partial charge in [-0.25, -0.2) is 9.78 Å². The molecule has 1 atom stereocenters. The molecule has 1 aliphatic rings. The summed E-state index contributed by atoms with van der Waals surface area (Å²) < 4.78 is 7.37. The highest BCUT2D eigenvalue weighted by molar-refractivity contribution is 5.91. The van der Waals surface area contributed by atoms with Crippen LogP contribution in [0.25, 0.3) is 0 Å². The lowest BCUT2D eigenvalue weighted by atomic mass is 9.87. The predicted octanol–water partition coefficient (Wildman–Crippen LogP) is 5.04. The van der Waals surface area contributed by atoms with Gasteiger partial charge >= 0.3 is 5.97 Å². The van der Waals surface area contributed by atoms with Gasteiger partial charge in [-0.05, 0) is 49.1 Å². The Morgan fingerprint density at radius 3 is 2.13 bits per heavy atom. The quantitative estimate of drug-likeness (QED) is 0.367. The molecule has 39 heavy (non-hydrogen) atoms. The van der Waals surface area contributed by atoms with Crippen LogP contribution in [0.2, 0.25) is 0 Å². The van der Waals surface area contributed by atoms with Crippen molar-refractivity contribution in [3.8, 4) is 5.75 Å². The molecule has 0 radical (unpaired) electrons. The van der Waals surface area contributed by atoms with Crippen molar-refractivity contribution in [1.29, 1.82) is 0 Å². The SMILES string of the molecule is COc1ccc(Cn2cnc3c2C[C@@H](C(=O)O)N(C(=O)C(c2ccc(C)cc2)c2ccc(C)cc2)C3)cc1C. The first kappa shape index (κ1) is 26.2. The third kappa shape index (κ3) is 5.30. The van der Waals surface area contributed by atoms with Gasteiger partial charge in [-0.15, -0.1) is 0 Å². The second-order valence-corrected chi connectivity index (χ2v) is 10.3. The van der Waals surface area contributed by atoms with Crippen LogP contribution in [0.4, 0.5) is 0 Å². The van der Waals surface area contributed by atoms with Crippen LogP contribution >= 0.6 is 0 Å². The van der Waals surface area contributed by atoms with Crippen molar-refractivity contribution in [2.45, 2.75) is 52.2 Å². The van der Waals surface area contributed by atoms with E-state index in [4.69, 9.17) is 4.74 Å². The molecule has 4 aromatic rings. The van der Waals surface area contributed by atoms with Gasteiger partial charge in [0, 0.05) is 18.7 Å². The van der Waals surface area contributed by atoms with Crippen molar-refractivity contribution >= 4 is 11.9 Å². The molecule has 2 heterocycles. The van der Waals surface area contributed by atoms with Crippen molar-refractivity contribution in [2.24, 2.45) is 0 Å². The largest absolute Gasteiger partial charge is 0.496 e. The zero-order valence-corrected chi connectivity index (χ0v) is 22.7. The maximum Gasteiger partial charge on any atom is 0.326 e. The number of benzene rings is 3. The van der Waals surface area contributed by atoms with E-state index in [0.717, 1.165) is 50.5 Å². The fraction of sp³-hybridized carbons (Fsp3) is 0.281. The molecule has 1 aromatic heterocycles. The third-order valence-electron chi connectivity index (χ3n) is 7.56. The van der Waals surface area contributed by atoms with E-state index in [1.807, 2.05) is 86.0 Å². The first-order chi connectivity index (χ1) is 18.7. The second kappa shape index (κ2) is 10.8. The van der Waals surface area contributed by atoms with Crippen molar-refractivity contribution in [2.75, 3.05) is 7.11 Å². The second-order valence-electron chi connectivity index (χ2n) is 10.3. The highest BCUT2D eigenvalue weighted by Crippen LogP contribution is 2.32. The van der Waals surface area contributed by atoms with E-state index in [0.29, 0.717) is 6.54 Å². The Morgan fingerprint density at radius 1 is 0.974 bits per heavy atom. The first-order valence-corrected chi connectivity index (χ1v) is 13.1. The van der Waals surface area contributed by atoms with Gasteiger partial charge in [0.1, 0.15) is 11.8 Å². The predicted molar refractivity (Wildman–Crippen MR) is 149 cm³/mol. The molecule has 0 aliphatic carbocycles. The zero-order valence-electron chi connectivity index (χ0n) is 22.7. The molecule has 0 spiro atoms. The van der Waals surface area contributed by atoms with Gasteiger partial charge in [0.25, 0.3) is 0 Å². The van der Waals surface area contributed by atoms with E-state index in [9.17, 15) is 14.7 Å². The van der Waals surface area contributed by atoms with E-state index in [1.54, 1.807) is 13.4 Å². The molecule has 1 N–H and O–H groups in total. The van der Waals surface area contributed by atoms with E-state index in [1.165, 1.54) is 4.90 Å². The van der Waals surface area contributed by atoms with Crippen LogP contribution in [-0.2, 0) is 29.1 Å². The number of carbonyl (C=O) groups is 2. The molecule has 7 heteroatoms. The summed E-state index contributed by atoms with van der Waals surface area (Å²) in [6.45, 7) is 6.70. The Labute approximate surface area is 228 Å². The maximum atomic E-state index is 14.2. The molecule has 0 unspecified atom stereocenters. The summed E-state index contributed by atoms with van der Waals surface area (Å²) in [6, 6.07) is 20.7. The van der Waals surface area contributed by atoms with Gasteiger partial charge in [0.2, 0.25) is 5.91 Å². The number of aromatic nitrogens is 2. The number of hydrogen-bond donors (Lipinski definition) is 1. The molecular weight excluding hydrogens is 490 g/mol. The van der Waals surface area contributed by atoms with E-state index < -0.39 is 17.9 Å². The van der Waals surface area contributed by atoms with Crippen LogP contribution in [0, 0.1) is 20.8 Å². The van der Waals surface area contributed by atoms with Crippen LogP contribution in [0.5, 0.6) is 5.75 Å². The molecule has 7 nitrogen and oxygen atoms in total. The number of carboxylic acids is 1. The standard InChI is InChI=1S/C32H33N3O4/c1-20-5-10-24(11-6-20)30(25-12-7-21(2)8-13-25)31(36)35-18-26-27(16-28(35)32(37)38)34(19-33-26)17-23-9-14-29(39-4)22(3)15-23/h5-15,19,28,30H,16-18H2,1-4H3,(H,37,38)/t28-/m0/s1. The Morgan fingerprint density at radius 2 is 1.59 bits per heavy atom. The number of carboxylic acid groups (broad SMARTS) is 1. The number of methoxy groups -OCH3 is 1. The molecule has 1 aliphatic heterocycles. The third-order valence-corrected chi connectivity index (χ3v) is 7.56. The molecule has 1 amide bonds. The number of fused-ring (bicyclic) bond motifs is 1. The molecule has 0 saturated heterocycles. The topological polar surface area (TPSA) is 84.7 Å². The average Bonchev–Trinajstić information content (AvgIpc) is 3.31. The van der Waals surface area contributed by atoms with Crippen molar-refractivity contribution in [1.82, 2.24) is 14.5 Å². The lowest BCUT2D eigenvalue weighted by molar-refractivity contribution is -0.151. The number of amides is 1. The van der Waals surface area contributed by atoms with E-state index in [-0.39, 0.29) is 18.9 Å². The summed E-state index contributed by atoms with van der Waals surface area (Å²) in [5, 5.41) is 10.3. The summed E-state index contributed by atoms with van der Waals surface area (Å²) in [7, 11) is 1.65.